The fraction of sp³-hybridized carbons (Fsp3) is 0.625. The fourth-order valence-electron chi connectivity index (χ4n) is 2.81. The number of aliphatic hydroxyl groups excluding tert-OH is 1. The molecule has 1 saturated heterocycles. The molecule has 4 nitrogen and oxygen atoms in total. The summed E-state index contributed by atoms with van der Waals surface area (Å²) in [5.41, 5.74) is 1.13. The van der Waals surface area contributed by atoms with Crippen molar-refractivity contribution < 1.29 is 13.5 Å². The van der Waals surface area contributed by atoms with Crippen LogP contribution in [-0.4, -0.2) is 37.0 Å². The van der Waals surface area contributed by atoms with E-state index in [9.17, 15) is 13.5 Å². The highest BCUT2D eigenvalue weighted by Crippen LogP contribution is 2.25. The van der Waals surface area contributed by atoms with Crippen LogP contribution in [0.25, 0.3) is 0 Å². The third kappa shape index (κ3) is 3.65. The van der Waals surface area contributed by atoms with Crippen LogP contribution < -0.4 is 0 Å². The van der Waals surface area contributed by atoms with E-state index in [1.165, 1.54) is 4.31 Å². The van der Waals surface area contributed by atoms with Gasteiger partial charge in [-0.1, -0.05) is 38.8 Å². The molecule has 0 radical (unpaired) electrons. The molecule has 1 fully saturated rings. The van der Waals surface area contributed by atoms with Gasteiger partial charge in [-0.05, 0) is 36.5 Å². The van der Waals surface area contributed by atoms with Crippen LogP contribution in [0.2, 0.25) is 0 Å². The molecule has 0 aromatic heterocycles. The average Bonchev–Trinajstić information content (AvgIpc) is 2.72. The van der Waals surface area contributed by atoms with Gasteiger partial charge in [-0.2, -0.15) is 4.31 Å². The first-order valence-corrected chi connectivity index (χ1v) is 9.13. The zero-order chi connectivity index (χ0) is 15.5. The van der Waals surface area contributed by atoms with Gasteiger partial charge >= 0.3 is 0 Å². The lowest BCUT2D eigenvalue weighted by molar-refractivity contribution is 0.186. The summed E-state index contributed by atoms with van der Waals surface area (Å²) in [6, 6.07) is 6.84. The summed E-state index contributed by atoms with van der Waals surface area (Å²) in [6.07, 6.45) is 3.60. The minimum absolute atomic E-state index is 0.108. The Labute approximate surface area is 127 Å². The van der Waals surface area contributed by atoms with Gasteiger partial charge in [0.25, 0.3) is 0 Å². The molecule has 1 heterocycles. The van der Waals surface area contributed by atoms with Crippen molar-refractivity contribution in [3.8, 4) is 0 Å². The van der Waals surface area contributed by atoms with Gasteiger partial charge in [-0.15, -0.1) is 0 Å². The van der Waals surface area contributed by atoms with Crippen LogP contribution in [0, 0.1) is 0 Å². The summed E-state index contributed by atoms with van der Waals surface area (Å²) in [6.45, 7) is 4.56. The van der Waals surface area contributed by atoms with E-state index in [0.717, 1.165) is 31.2 Å². The van der Waals surface area contributed by atoms with E-state index < -0.39 is 10.0 Å². The first-order valence-electron chi connectivity index (χ1n) is 7.69. The van der Waals surface area contributed by atoms with Crippen molar-refractivity contribution in [3.63, 3.8) is 0 Å². The third-order valence-electron chi connectivity index (χ3n) is 4.19. The van der Waals surface area contributed by atoms with Crippen LogP contribution in [0.15, 0.2) is 29.2 Å². The number of hydrogen-bond acceptors (Lipinski definition) is 3. The van der Waals surface area contributed by atoms with Crippen molar-refractivity contribution in [3.05, 3.63) is 29.8 Å². The van der Waals surface area contributed by atoms with Gasteiger partial charge in [0, 0.05) is 12.6 Å². The number of rotatable bonds is 4. The molecule has 1 aromatic carbocycles. The lowest BCUT2D eigenvalue weighted by atomic mass is 10.0. The molecule has 0 saturated carbocycles. The topological polar surface area (TPSA) is 57.6 Å². The van der Waals surface area contributed by atoms with Crippen molar-refractivity contribution >= 4 is 10.0 Å². The molecular formula is C16H25NO3S. The normalized spacial score (nSPS) is 21.4. The first-order chi connectivity index (χ1) is 9.96. The molecular weight excluding hydrogens is 286 g/mol. The molecule has 1 aliphatic rings. The van der Waals surface area contributed by atoms with Crippen LogP contribution >= 0.6 is 0 Å². The summed E-state index contributed by atoms with van der Waals surface area (Å²) in [5.74, 6) is 0.380. The van der Waals surface area contributed by atoms with E-state index in [1.807, 2.05) is 12.1 Å². The molecule has 1 unspecified atom stereocenters. The van der Waals surface area contributed by atoms with Crippen molar-refractivity contribution in [1.82, 2.24) is 4.31 Å². The summed E-state index contributed by atoms with van der Waals surface area (Å²) >= 11 is 0. The molecule has 118 valence electrons. The smallest absolute Gasteiger partial charge is 0.243 e. The van der Waals surface area contributed by atoms with Gasteiger partial charge in [0.1, 0.15) is 0 Å². The lowest BCUT2D eigenvalue weighted by Crippen LogP contribution is -2.42. The molecule has 0 spiro atoms. The van der Waals surface area contributed by atoms with Crippen LogP contribution in [0.3, 0.4) is 0 Å². The highest BCUT2D eigenvalue weighted by Gasteiger charge is 2.31. The minimum atomic E-state index is -3.52. The molecule has 1 N–H and O–H groups in total. The Bertz CT molecular complexity index is 551. The maximum Gasteiger partial charge on any atom is 0.243 e. The predicted octanol–water partition coefficient (Wildman–Crippen LogP) is 2.74. The van der Waals surface area contributed by atoms with Gasteiger partial charge in [-0.3, -0.25) is 0 Å². The number of sulfonamides is 1. The van der Waals surface area contributed by atoms with E-state index in [4.69, 9.17) is 0 Å². The minimum Gasteiger partial charge on any atom is -0.395 e. The zero-order valence-electron chi connectivity index (χ0n) is 12.8. The Morgan fingerprint density at radius 1 is 1.19 bits per heavy atom. The molecule has 0 aliphatic carbocycles. The second-order valence-corrected chi connectivity index (χ2v) is 7.92. The number of benzene rings is 1. The Kier molecular flexibility index (Phi) is 5.41. The Balaban J connectivity index is 2.30. The van der Waals surface area contributed by atoms with Gasteiger partial charge in [-0.25, -0.2) is 8.42 Å². The molecule has 21 heavy (non-hydrogen) atoms. The monoisotopic (exact) mass is 311 g/mol. The summed E-state index contributed by atoms with van der Waals surface area (Å²) in [7, 11) is -3.52. The van der Waals surface area contributed by atoms with Gasteiger partial charge in [0.05, 0.1) is 11.5 Å². The van der Waals surface area contributed by atoms with E-state index in [2.05, 4.69) is 13.8 Å². The summed E-state index contributed by atoms with van der Waals surface area (Å²) in [5, 5.41) is 9.51. The standard InChI is InChI=1S/C16H25NO3S/c1-13(2)14-7-9-16(10-8-14)21(19,20)17-11-5-3-4-6-15(17)12-18/h7-10,13,15,18H,3-6,11-12H2,1-2H3. The SMILES string of the molecule is CC(C)c1ccc(S(=O)(=O)N2CCCCCC2CO)cc1. The second-order valence-electron chi connectivity index (χ2n) is 6.03. The Morgan fingerprint density at radius 2 is 1.86 bits per heavy atom. The van der Waals surface area contributed by atoms with Crippen LogP contribution in [0.5, 0.6) is 0 Å². The first kappa shape index (κ1) is 16.5. The predicted molar refractivity (Wildman–Crippen MR) is 83.8 cm³/mol. The molecule has 5 heteroatoms. The van der Waals surface area contributed by atoms with E-state index in [1.54, 1.807) is 12.1 Å². The number of aliphatic hydroxyl groups is 1. The van der Waals surface area contributed by atoms with Crippen molar-refractivity contribution in [2.24, 2.45) is 0 Å². The number of hydrogen-bond donors (Lipinski definition) is 1. The highest BCUT2D eigenvalue weighted by atomic mass is 32.2. The molecule has 2 rings (SSSR count). The molecule has 1 aliphatic heterocycles. The van der Waals surface area contributed by atoms with Gasteiger partial charge in [0.15, 0.2) is 0 Å². The van der Waals surface area contributed by atoms with Crippen LogP contribution in [0.4, 0.5) is 0 Å². The maximum atomic E-state index is 12.8. The van der Waals surface area contributed by atoms with E-state index in [0.29, 0.717) is 17.4 Å². The molecule has 1 atom stereocenters. The molecule has 0 bridgehead atoms. The molecule has 0 amide bonds. The van der Waals surface area contributed by atoms with Gasteiger partial charge in [0.2, 0.25) is 10.0 Å². The van der Waals surface area contributed by atoms with Gasteiger partial charge < -0.3 is 5.11 Å². The largest absolute Gasteiger partial charge is 0.395 e. The lowest BCUT2D eigenvalue weighted by Gasteiger charge is -2.27. The van der Waals surface area contributed by atoms with Crippen molar-refractivity contribution in [2.75, 3.05) is 13.2 Å². The average molecular weight is 311 g/mol. The van der Waals surface area contributed by atoms with Crippen LogP contribution in [0.1, 0.15) is 51.0 Å². The highest BCUT2D eigenvalue weighted by molar-refractivity contribution is 7.89. The van der Waals surface area contributed by atoms with Crippen molar-refractivity contribution in [2.45, 2.75) is 56.4 Å². The number of nitrogens with zero attached hydrogens (tertiary/aromatic N) is 1. The van der Waals surface area contributed by atoms with Crippen molar-refractivity contribution in [1.29, 1.82) is 0 Å². The second kappa shape index (κ2) is 6.90. The molecule has 1 aromatic rings. The van der Waals surface area contributed by atoms with E-state index in [-0.39, 0.29) is 12.6 Å². The van der Waals surface area contributed by atoms with E-state index >= 15 is 0 Å². The maximum absolute atomic E-state index is 12.8. The van der Waals surface area contributed by atoms with Crippen LogP contribution in [-0.2, 0) is 10.0 Å². The summed E-state index contributed by atoms with van der Waals surface area (Å²) in [4.78, 5) is 0.326. The fourth-order valence-corrected chi connectivity index (χ4v) is 4.49. The third-order valence-corrected chi connectivity index (χ3v) is 6.15. The Morgan fingerprint density at radius 3 is 2.43 bits per heavy atom. The Hall–Kier alpha value is -0.910. The quantitative estimate of drug-likeness (QED) is 0.930. The zero-order valence-corrected chi connectivity index (χ0v) is 13.6. The summed E-state index contributed by atoms with van der Waals surface area (Å²) < 4.78 is 27.1.